The molecule has 1 saturated carbocycles. The molecule has 0 spiro atoms. The van der Waals surface area contributed by atoms with Crippen molar-refractivity contribution < 1.29 is 59.8 Å². The molecule has 13 N–H and O–H groups in total. The van der Waals surface area contributed by atoms with E-state index in [1.807, 2.05) is 6.92 Å². The van der Waals surface area contributed by atoms with Crippen molar-refractivity contribution >= 4 is 5.84 Å². The highest BCUT2D eigenvalue weighted by atomic mass is 16.7. The zero-order valence-electron chi connectivity index (χ0n) is 25.2. The number of ether oxygens (including phenoxy) is 4. The van der Waals surface area contributed by atoms with Crippen molar-refractivity contribution in [2.45, 2.75) is 138 Å². The van der Waals surface area contributed by atoms with Gasteiger partial charge in [-0.25, -0.2) is 0 Å². The van der Waals surface area contributed by atoms with Gasteiger partial charge < -0.3 is 76.6 Å². The molecule has 10 unspecified atom stereocenters. The Labute approximate surface area is 251 Å². The van der Waals surface area contributed by atoms with Crippen molar-refractivity contribution in [2.24, 2.45) is 22.4 Å². The van der Waals surface area contributed by atoms with Gasteiger partial charge in [-0.15, -0.1) is 0 Å². The molecular weight excluding hydrogens is 572 g/mol. The van der Waals surface area contributed by atoms with E-state index in [1.165, 1.54) is 6.92 Å². The van der Waals surface area contributed by atoms with E-state index in [0.29, 0.717) is 6.42 Å². The van der Waals surface area contributed by atoms with Crippen molar-refractivity contribution in [1.82, 2.24) is 5.32 Å². The average molecular weight is 625 g/mol. The Bertz CT molecular complexity index is 902. The second-order valence-corrected chi connectivity index (χ2v) is 12.3. The van der Waals surface area contributed by atoms with E-state index >= 15 is 0 Å². The van der Waals surface area contributed by atoms with Crippen LogP contribution in [-0.2, 0) is 18.9 Å². The normalized spacial score (nSPS) is 44.0. The number of aliphatic hydroxyl groups is 8. The third-order valence-electron chi connectivity index (χ3n) is 8.78. The van der Waals surface area contributed by atoms with E-state index in [4.69, 9.17) is 35.5 Å². The second kappa shape index (κ2) is 15.5. The molecule has 2 aliphatic heterocycles. The molecule has 16 nitrogen and oxygen atoms in total. The van der Waals surface area contributed by atoms with Crippen LogP contribution in [0.3, 0.4) is 0 Å². The van der Waals surface area contributed by atoms with Crippen LogP contribution in [0, 0.1) is 5.92 Å². The summed E-state index contributed by atoms with van der Waals surface area (Å²) in [6.07, 6.45) is -12.2. The van der Waals surface area contributed by atoms with Crippen molar-refractivity contribution in [3.05, 3.63) is 0 Å². The maximum absolute atomic E-state index is 11.6. The first kappa shape index (κ1) is 36.4. The van der Waals surface area contributed by atoms with Crippen LogP contribution in [0.2, 0.25) is 0 Å². The van der Waals surface area contributed by atoms with Gasteiger partial charge in [-0.2, -0.15) is 0 Å². The minimum Gasteiger partial charge on any atom is -0.394 e. The Balaban J connectivity index is 1.89. The number of amidine groups is 1. The average Bonchev–Trinajstić information content (AvgIpc) is 2.97. The smallest absolute Gasteiger partial charge is 0.185 e. The minimum absolute atomic E-state index is 0.0466. The first-order chi connectivity index (χ1) is 20.2. The Morgan fingerprint density at radius 3 is 2.33 bits per heavy atom. The third-order valence-corrected chi connectivity index (χ3v) is 8.78. The molecule has 2 saturated heterocycles. The molecule has 3 rings (SSSR count). The van der Waals surface area contributed by atoms with Crippen LogP contribution in [0.15, 0.2) is 4.99 Å². The summed E-state index contributed by atoms with van der Waals surface area (Å²) in [5, 5.41) is 85.8. The van der Waals surface area contributed by atoms with E-state index in [1.54, 1.807) is 14.0 Å². The van der Waals surface area contributed by atoms with E-state index in [9.17, 15) is 35.7 Å². The first-order valence-electron chi connectivity index (χ1n) is 14.9. The zero-order valence-corrected chi connectivity index (χ0v) is 25.2. The van der Waals surface area contributed by atoms with Gasteiger partial charge >= 0.3 is 0 Å². The van der Waals surface area contributed by atoms with E-state index in [0.717, 1.165) is 12.8 Å². The molecule has 0 aromatic heterocycles. The Morgan fingerprint density at radius 2 is 1.72 bits per heavy atom. The van der Waals surface area contributed by atoms with Crippen molar-refractivity contribution in [1.29, 1.82) is 0 Å². The molecule has 16 atom stereocenters. The monoisotopic (exact) mass is 624 g/mol. The standard InChI is InChI=1S/C27H52N4O12/c1-5-12-6-7-13(28)25(41-12)42-21-11(2)8-14(31-24(29)18(36)17(35)16(34)15(33)9-32)22(19(21)37)43-26-20(38)23(30-4)27(3,39)10-40-26/h11-23,25-26,30,32-39H,5-10,28H2,1-4H3,(H2,29,31)/t11-,12+,13?,14+,15?,16?,17?,18?,19?,20?,21?,22?,23+,25+,26+,27?/m0/s1. The molecule has 0 bridgehead atoms. The Kier molecular flexibility index (Phi) is 13.1. The molecule has 0 amide bonds. The van der Waals surface area contributed by atoms with E-state index in [-0.39, 0.29) is 25.0 Å². The van der Waals surface area contributed by atoms with Gasteiger partial charge in [0.15, 0.2) is 12.6 Å². The minimum atomic E-state index is -1.99. The number of nitrogens with two attached hydrogens (primary N) is 2. The second-order valence-electron chi connectivity index (χ2n) is 12.3. The molecule has 16 heteroatoms. The van der Waals surface area contributed by atoms with Gasteiger partial charge in [0.1, 0.15) is 54.2 Å². The van der Waals surface area contributed by atoms with Crippen molar-refractivity contribution in [3.63, 3.8) is 0 Å². The lowest BCUT2D eigenvalue weighted by Gasteiger charge is -2.48. The maximum atomic E-state index is 11.6. The van der Waals surface area contributed by atoms with Gasteiger partial charge in [-0.1, -0.05) is 13.8 Å². The molecule has 1 aliphatic carbocycles. The van der Waals surface area contributed by atoms with Crippen LogP contribution in [0.1, 0.15) is 46.5 Å². The predicted molar refractivity (Wildman–Crippen MR) is 151 cm³/mol. The molecule has 3 fully saturated rings. The summed E-state index contributed by atoms with van der Waals surface area (Å²) in [5.41, 5.74) is 10.9. The summed E-state index contributed by atoms with van der Waals surface area (Å²) in [4.78, 5) is 4.32. The highest BCUT2D eigenvalue weighted by Gasteiger charge is 2.51. The number of aliphatic hydroxyl groups excluding tert-OH is 7. The molecule has 43 heavy (non-hydrogen) atoms. The van der Waals surface area contributed by atoms with Crippen LogP contribution in [-0.4, -0.2) is 158 Å². The first-order valence-corrected chi connectivity index (χ1v) is 14.9. The van der Waals surface area contributed by atoms with Gasteiger partial charge in [0.25, 0.3) is 0 Å². The lowest BCUT2D eigenvalue weighted by atomic mass is 9.80. The lowest BCUT2D eigenvalue weighted by molar-refractivity contribution is -0.309. The maximum Gasteiger partial charge on any atom is 0.185 e. The van der Waals surface area contributed by atoms with Gasteiger partial charge in [0.05, 0.1) is 43.5 Å². The Morgan fingerprint density at radius 1 is 1.07 bits per heavy atom. The summed E-state index contributed by atoms with van der Waals surface area (Å²) < 4.78 is 24.0. The third kappa shape index (κ3) is 8.39. The van der Waals surface area contributed by atoms with E-state index < -0.39 is 97.6 Å². The number of nitrogens with zero attached hydrogens (tertiary/aromatic N) is 1. The number of likely N-dealkylation sites (N-methyl/N-ethyl adjacent to an activating group) is 1. The van der Waals surface area contributed by atoms with Crippen LogP contribution >= 0.6 is 0 Å². The quantitative estimate of drug-likeness (QED) is 0.0723. The van der Waals surface area contributed by atoms with Crippen LogP contribution < -0.4 is 16.8 Å². The molecule has 0 aromatic carbocycles. The summed E-state index contributed by atoms with van der Waals surface area (Å²) in [6.45, 7) is 4.22. The summed E-state index contributed by atoms with van der Waals surface area (Å²) >= 11 is 0. The largest absolute Gasteiger partial charge is 0.394 e. The highest BCUT2D eigenvalue weighted by Crippen LogP contribution is 2.36. The fourth-order valence-electron chi connectivity index (χ4n) is 6.06. The number of aliphatic imine (C=N–C) groups is 1. The van der Waals surface area contributed by atoms with Crippen molar-refractivity contribution in [3.8, 4) is 0 Å². The van der Waals surface area contributed by atoms with Gasteiger partial charge in [0, 0.05) is 0 Å². The summed E-state index contributed by atoms with van der Waals surface area (Å²) in [5.74, 6) is -0.903. The molecule has 0 aromatic rings. The molecule has 0 radical (unpaired) electrons. The zero-order chi connectivity index (χ0) is 32.2. The van der Waals surface area contributed by atoms with Gasteiger partial charge in [-0.3, -0.25) is 4.99 Å². The number of hydrogen-bond acceptors (Lipinski definition) is 15. The van der Waals surface area contributed by atoms with Crippen LogP contribution in [0.5, 0.6) is 0 Å². The predicted octanol–water partition coefficient (Wildman–Crippen LogP) is -4.38. The molecule has 2 heterocycles. The fraction of sp³-hybridized carbons (Fsp3) is 0.963. The van der Waals surface area contributed by atoms with Crippen LogP contribution in [0.4, 0.5) is 0 Å². The van der Waals surface area contributed by atoms with Crippen LogP contribution in [0.25, 0.3) is 0 Å². The SMILES string of the molecule is CC[C@@H]1CCC(N)[C@@H](OC2C(O)C(O[C@H]3OCC(C)(O)[C@H](NC)C3O)[C@H](N=C(N)C(O)C(O)C(O)C(O)CO)C[C@@H]2C)O1. The lowest BCUT2D eigenvalue weighted by Crippen LogP contribution is -2.67. The molecule has 252 valence electrons. The van der Waals surface area contributed by atoms with Gasteiger partial charge in [-0.05, 0) is 45.6 Å². The highest BCUT2D eigenvalue weighted by molar-refractivity contribution is 5.85. The number of hydrogen-bond donors (Lipinski definition) is 11. The summed E-state index contributed by atoms with van der Waals surface area (Å²) in [7, 11) is 1.56. The fourth-order valence-corrected chi connectivity index (χ4v) is 6.06. The summed E-state index contributed by atoms with van der Waals surface area (Å²) in [6, 6.07) is -2.24. The van der Waals surface area contributed by atoms with Crippen molar-refractivity contribution in [2.75, 3.05) is 20.3 Å². The number of nitrogens with one attached hydrogen (secondary N) is 1. The molecule has 3 aliphatic rings. The topological polar surface area (TPSA) is 275 Å². The molecular formula is C27H52N4O12. The number of rotatable bonds is 12. The Hall–Kier alpha value is -1.09. The van der Waals surface area contributed by atoms with E-state index in [2.05, 4.69) is 10.3 Å². The van der Waals surface area contributed by atoms with Gasteiger partial charge in [0.2, 0.25) is 0 Å².